The molecule has 0 unspecified atom stereocenters. The van der Waals surface area contributed by atoms with Crippen LogP contribution >= 0.6 is 0 Å². The van der Waals surface area contributed by atoms with Crippen LogP contribution in [0, 0.1) is 11.6 Å². The fraction of sp³-hybridized carbons (Fsp3) is 0.217. The van der Waals surface area contributed by atoms with E-state index in [-0.39, 0.29) is 31.0 Å². The fourth-order valence-electron chi connectivity index (χ4n) is 3.73. The number of ether oxygens (including phenoxy) is 1. The molecule has 1 saturated heterocycles. The van der Waals surface area contributed by atoms with E-state index in [1.807, 2.05) is 0 Å². The Morgan fingerprint density at radius 2 is 1.80 bits per heavy atom. The molecule has 0 saturated carbocycles. The second kappa shape index (κ2) is 8.20. The third-order valence-electron chi connectivity index (χ3n) is 5.27. The van der Waals surface area contributed by atoms with E-state index >= 15 is 0 Å². The number of aliphatic hydroxyl groups excluding tert-OH is 1. The van der Waals surface area contributed by atoms with Gasteiger partial charge in [-0.05, 0) is 42.5 Å². The van der Waals surface area contributed by atoms with E-state index in [2.05, 4.69) is 4.98 Å². The van der Waals surface area contributed by atoms with Gasteiger partial charge in [-0.3, -0.25) is 4.90 Å². The average molecular weight is 410 g/mol. The van der Waals surface area contributed by atoms with Crippen LogP contribution in [0.3, 0.4) is 0 Å². The summed E-state index contributed by atoms with van der Waals surface area (Å²) in [5.41, 5.74) is 0.314. The molecule has 30 heavy (non-hydrogen) atoms. The third kappa shape index (κ3) is 3.76. The largest absolute Gasteiger partial charge is 0.437 e. The number of cyclic esters (lactones) is 1. The van der Waals surface area contributed by atoms with E-state index < -0.39 is 17.5 Å². The Balaban J connectivity index is 1.62. The number of amides is 1. The average Bonchev–Trinajstić information content (AvgIpc) is 2.75. The van der Waals surface area contributed by atoms with Crippen LogP contribution in [0.25, 0.3) is 11.3 Å². The quantitative estimate of drug-likeness (QED) is 0.665. The number of rotatable bonds is 5. The molecule has 4 rings (SSSR count). The molecule has 0 spiro atoms. The van der Waals surface area contributed by atoms with Gasteiger partial charge in [-0.2, -0.15) is 0 Å². The highest BCUT2D eigenvalue weighted by atomic mass is 19.1. The number of aromatic nitrogens is 1. The first-order chi connectivity index (χ1) is 14.5. The Labute approximate surface area is 172 Å². The molecule has 0 bridgehead atoms. The highest BCUT2D eigenvalue weighted by Gasteiger charge is 2.44. The number of pyridine rings is 1. The number of carbonyl (C=O) groups is 1. The monoisotopic (exact) mass is 410 g/mol. The normalized spacial score (nSPS) is 18.9. The summed E-state index contributed by atoms with van der Waals surface area (Å²) < 4.78 is 33.3. The lowest BCUT2D eigenvalue weighted by Crippen LogP contribution is -2.49. The lowest BCUT2D eigenvalue weighted by Gasteiger charge is -2.41. The minimum atomic E-state index is -1.23. The lowest BCUT2D eigenvalue weighted by atomic mass is 9.85. The van der Waals surface area contributed by atoms with E-state index in [1.165, 1.54) is 23.1 Å². The highest BCUT2D eigenvalue weighted by Crippen LogP contribution is 2.39. The van der Waals surface area contributed by atoms with E-state index in [0.29, 0.717) is 23.5 Å². The number of carbonyl (C=O) groups excluding carboxylic acids is 1. The molecule has 0 radical (unpaired) electrons. The highest BCUT2D eigenvalue weighted by molar-refractivity contribution is 5.88. The van der Waals surface area contributed by atoms with E-state index in [4.69, 9.17) is 4.74 Å². The molecule has 1 amide bonds. The number of benzene rings is 2. The number of hydrogen-bond acceptors (Lipinski definition) is 4. The van der Waals surface area contributed by atoms with Crippen LogP contribution in [0.2, 0.25) is 0 Å². The number of anilines is 1. The smallest absolute Gasteiger partial charge is 0.416 e. The minimum Gasteiger partial charge on any atom is -0.437 e. The van der Waals surface area contributed by atoms with Crippen LogP contribution in [0.4, 0.5) is 19.4 Å². The summed E-state index contributed by atoms with van der Waals surface area (Å²) in [6, 6.07) is 17.2. The molecule has 1 aromatic heterocycles. The molecule has 1 N–H and O–H groups in total. The van der Waals surface area contributed by atoms with Gasteiger partial charge in [-0.25, -0.2) is 18.6 Å². The summed E-state index contributed by atoms with van der Waals surface area (Å²) in [4.78, 5) is 18.8. The lowest BCUT2D eigenvalue weighted by molar-refractivity contribution is -0.0281. The molecule has 1 aliphatic rings. The predicted molar refractivity (Wildman–Crippen MR) is 108 cm³/mol. The maximum absolute atomic E-state index is 14.4. The van der Waals surface area contributed by atoms with Crippen LogP contribution in [0.5, 0.6) is 0 Å². The van der Waals surface area contributed by atoms with Crippen molar-refractivity contribution in [3.63, 3.8) is 0 Å². The van der Waals surface area contributed by atoms with Gasteiger partial charge in [0.1, 0.15) is 23.1 Å². The summed E-state index contributed by atoms with van der Waals surface area (Å²) in [5.74, 6) is -0.445. The Morgan fingerprint density at radius 1 is 1.03 bits per heavy atom. The number of halogens is 2. The zero-order chi connectivity index (χ0) is 21.1. The van der Waals surface area contributed by atoms with Crippen LogP contribution in [-0.4, -0.2) is 29.3 Å². The van der Waals surface area contributed by atoms with Crippen LogP contribution in [-0.2, 0) is 10.3 Å². The number of nitrogens with zero attached hydrogens (tertiary/aromatic N) is 2. The van der Waals surface area contributed by atoms with Crippen molar-refractivity contribution < 1.29 is 23.4 Å². The van der Waals surface area contributed by atoms with Crippen molar-refractivity contribution in [2.75, 3.05) is 18.1 Å². The molecule has 5 nitrogen and oxygen atoms in total. The van der Waals surface area contributed by atoms with Crippen molar-refractivity contribution >= 4 is 11.9 Å². The molecule has 7 heteroatoms. The molecule has 1 fully saturated rings. The molecule has 1 atom stereocenters. The molecule has 0 aliphatic carbocycles. The van der Waals surface area contributed by atoms with Crippen LogP contribution < -0.4 is 4.90 Å². The molecular weight excluding hydrogens is 390 g/mol. The van der Waals surface area contributed by atoms with Crippen molar-refractivity contribution in [3.05, 3.63) is 83.9 Å². The van der Waals surface area contributed by atoms with E-state index in [9.17, 15) is 18.7 Å². The maximum Gasteiger partial charge on any atom is 0.416 e. The van der Waals surface area contributed by atoms with Crippen molar-refractivity contribution in [2.24, 2.45) is 0 Å². The Kier molecular flexibility index (Phi) is 5.46. The third-order valence-corrected chi connectivity index (χ3v) is 5.27. The standard InChI is InChI=1S/C23H20F2N2O3/c24-17-10-8-16(9-11-17)20-6-3-7-21(26-20)27-14-12-23(13-15-28,30-22(27)29)18-4-1-2-5-19(18)25/h1-11,28H,12-15H2/t23-/m1/s1. The Morgan fingerprint density at radius 3 is 2.50 bits per heavy atom. The van der Waals surface area contributed by atoms with Gasteiger partial charge in [0.2, 0.25) is 0 Å². The maximum atomic E-state index is 14.4. The van der Waals surface area contributed by atoms with Crippen LogP contribution in [0.1, 0.15) is 18.4 Å². The van der Waals surface area contributed by atoms with Gasteiger partial charge in [-0.15, -0.1) is 0 Å². The zero-order valence-electron chi connectivity index (χ0n) is 16.1. The minimum absolute atomic E-state index is 0.0938. The number of aliphatic hydroxyl groups is 1. The van der Waals surface area contributed by atoms with Gasteiger partial charge in [-0.1, -0.05) is 24.3 Å². The van der Waals surface area contributed by atoms with Gasteiger partial charge in [0.15, 0.2) is 0 Å². The topological polar surface area (TPSA) is 62.7 Å². The van der Waals surface area contributed by atoms with Gasteiger partial charge in [0.25, 0.3) is 0 Å². The number of hydrogen-bond donors (Lipinski definition) is 1. The van der Waals surface area contributed by atoms with Crippen LogP contribution in [0.15, 0.2) is 66.7 Å². The second-order valence-electron chi connectivity index (χ2n) is 7.11. The molecule has 1 aliphatic heterocycles. The summed E-state index contributed by atoms with van der Waals surface area (Å²) >= 11 is 0. The molecule has 2 aromatic carbocycles. The van der Waals surface area contributed by atoms with Crippen molar-refractivity contribution in [1.29, 1.82) is 0 Å². The first-order valence-corrected chi connectivity index (χ1v) is 9.62. The second-order valence-corrected chi connectivity index (χ2v) is 7.11. The summed E-state index contributed by atoms with van der Waals surface area (Å²) in [6.45, 7) is -0.00699. The first kappa shape index (κ1) is 20.0. The molecule has 154 valence electrons. The van der Waals surface area contributed by atoms with Gasteiger partial charge in [0, 0.05) is 37.1 Å². The Hall–Kier alpha value is -3.32. The first-order valence-electron chi connectivity index (χ1n) is 9.62. The summed E-state index contributed by atoms with van der Waals surface area (Å²) in [6.07, 6.45) is -0.277. The van der Waals surface area contributed by atoms with Crippen molar-refractivity contribution in [3.8, 4) is 11.3 Å². The molecular formula is C23H20F2N2O3. The van der Waals surface area contributed by atoms with E-state index in [0.717, 1.165) is 0 Å². The van der Waals surface area contributed by atoms with Gasteiger partial charge < -0.3 is 9.84 Å². The summed E-state index contributed by atoms with van der Waals surface area (Å²) in [5, 5.41) is 9.52. The van der Waals surface area contributed by atoms with E-state index in [1.54, 1.807) is 48.5 Å². The zero-order valence-corrected chi connectivity index (χ0v) is 16.1. The predicted octanol–water partition coefficient (Wildman–Crippen LogP) is 4.65. The molecule has 2 heterocycles. The van der Waals surface area contributed by atoms with Crippen molar-refractivity contribution in [1.82, 2.24) is 4.98 Å². The summed E-state index contributed by atoms with van der Waals surface area (Å²) in [7, 11) is 0. The molecule has 3 aromatic rings. The van der Waals surface area contributed by atoms with Crippen molar-refractivity contribution in [2.45, 2.75) is 18.4 Å². The van der Waals surface area contributed by atoms with Gasteiger partial charge >= 0.3 is 6.09 Å². The fourth-order valence-corrected chi connectivity index (χ4v) is 3.73. The Bertz CT molecular complexity index is 1060. The van der Waals surface area contributed by atoms with Gasteiger partial charge in [0.05, 0.1) is 5.69 Å². The SMILES string of the molecule is O=C1O[C@](CCO)(c2ccccc2F)CCN1c1cccc(-c2ccc(F)cc2)n1.